The Morgan fingerprint density at radius 1 is 0.824 bits per heavy atom. The van der Waals surface area contributed by atoms with Gasteiger partial charge in [0.2, 0.25) is 41.2 Å². The molecule has 2 aromatic carbocycles. The number of hydrogen-bond donors (Lipinski definition) is 11. The van der Waals surface area contributed by atoms with Gasteiger partial charge in [0.1, 0.15) is 46.4 Å². The van der Waals surface area contributed by atoms with E-state index in [1.54, 1.807) is 26.0 Å². The monoisotopic (exact) mass is 983 g/mol. The number of hydrogen-bond acceptors (Lipinski definition) is 15. The molecule has 0 fully saturated rings. The lowest BCUT2D eigenvalue weighted by atomic mass is 9.94. The van der Waals surface area contributed by atoms with E-state index in [4.69, 9.17) is 0 Å². The van der Waals surface area contributed by atoms with Crippen molar-refractivity contribution >= 4 is 80.6 Å². The van der Waals surface area contributed by atoms with E-state index in [0.29, 0.717) is 12.0 Å². The number of phenols is 2. The molecule has 0 aliphatic carbocycles. The van der Waals surface area contributed by atoms with Crippen molar-refractivity contribution in [3.05, 3.63) is 81.8 Å². The van der Waals surface area contributed by atoms with Gasteiger partial charge in [-0.25, -0.2) is 4.98 Å². The number of Topliss-reactive ketones (excluding diaryl/α,β-unsaturated/α-hetero) is 1. The minimum atomic E-state index is -4.95. The summed E-state index contributed by atoms with van der Waals surface area (Å²) in [5.41, 5.74) is 0.902. The third kappa shape index (κ3) is 16.3. The van der Waals surface area contributed by atoms with Crippen LogP contribution in [-0.4, -0.2) is 130 Å². The Bertz CT molecular complexity index is 2500. The number of amides is 8. The Labute approximate surface area is 394 Å². The van der Waals surface area contributed by atoms with Gasteiger partial charge in [0.05, 0.1) is 24.3 Å². The topological polar surface area (TPSA) is 358 Å². The van der Waals surface area contributed by atoms with Crippen LogP contribution in [0.3, 0.4) is 0 Å². The zero-order valence-corrected chi connectivity index (χ0v) is 38.9. The van der Waals surface area contributed by atoms with Gasteiger partial charge in [-0.05, 0) is 73.7 Å². The Kier molecular flexibility index (Phi) is 19.2. The number of rotatable bonds is 13. The average Bonchev–Trinajstić information content (AvgIpc) is 3.77. The van der Waals surface area contributed by atoms with Crippen molar-refractivity contribution in [2.45, 2.75) is 83.2 Å². The van der Waals surface area contributed by atoms with Crippen LogP contribution in [0, 0.1) is 5.92 Å². The molecule has 8 amide bonds. The molecule has 4 rings (SSSR count). The Morgan fingerprint density at radius 3 is 2.09 bits per heavy atom. The molecule has 3 aromatic rings. The second kappa shape index (κ2) is 24.5. The highest BCUT2D eigenvalue weighted by molar-refractivity contribution is 7.85. The maximum absolute atomic E-state index is 13.9. The van der Waals surface area contributed by atoms with Crippen molar-refractivity contribution in [2.24, 2.45) is 5.92 Å². The molecule has 0 saturated carbocycles. The molecule has 1 aliphatic heterocycles. The Morgan fingerprint density at radius 2 is 1.47 bits per heavy atom. The zero-order chi connectivity index (χ0) is 50.3. The summed E-state index contributed by atoms with van der Waals surface area (Å²) >= 11 is 1.05. The molecule has 2 heterocycles. The highest BCUT2D eigenvalue weighted by Crippen LogP contribution is 2.25. The first-order valence-corrected chi connectivity index (χ1v) is 23.6. The maximum Gasteiger partial charge on any atom is 0.290 e. The Balaban J connectivity index is 1.65. The van der Waals surface area contributed by atoms with Gasteiger partial charge in [0, 0.05) is 23.6 Å². The van der Waals surface area contributed by atoms with Gasteiger partial charge in [-0.2, -0.15) is 8.42 Å². The predicted octanol–water partition coefficient (Wildman–Crippen LogP) is -1.12. The highest BCUT2D eigenvalue weighted by Gasteiger charge is 2.36. The number of phenolic OH excluding ortho intramolecular Hbond substituents is 2. The second-order valence-electron chi connectivity index (χ2n) is 15.7. The summed E-state index contributed by atoms with van der Waals surface area (Å²) in [6, 6.07) is 2.18. The first kappa shape index (κ1) is 53.4. The fourth-order valence-corrected chi connectivity index (χ4v) is 7.89. The number of aromatic nitrogens is 1. The number of nitrogens with zero attached hydrogens (tertiary/aromatic N) is 1. The number of benzene rings is 2. The van der Waals surface area contributed by atoms with E-state index in [1.165, 1.54) is 61.7 Å². The molecule has 7 atom stereocenters. The summed E-state index contributed by atoms with van der Waals surface area (Å²) in [4.78, 5) is 125. The molecule has 1 aliphatic rings. The van der Waals surface area contributed by atoms with Gasteiger partial charge in [0.25, 0.3) is 21.9 Å². The molecular weight excluding hydrogens is 931 g/mol. The number of ketones is 1. The van der Waals surface area contributed by atoms with Crippen LogP contribution in [0.15, 0.2) is 60.0 Å². The number of carbonyl (C=O) groups excluding carboxylic acids is 9. The summed E-state index contributed by atoms with van der Waals surface area (Å²) in [6.45, 7) is 4.64. The van der Waals surface area contributed by atoms with E-state index in [0.717, 1.165) is 17.4 Å². The number of nitrogens with one attached hydrogen (secondary N) is 8. The van der Waals surface area contributed by atoms with E-state index >= 15 is 0 Å². The van der Waals surface area contributed by atoms with Gasteiger partial charge >= 0.3 is 0 Å². The van der Waals surface area contributed by atoms with Crippen molar-refractivity contribution < 1.29 is 66.3 Å². The maximum atomic E-state index is 13.9. The lowest BCUT2D eigenvalue weighted by molar-refractivity contribution is -0.141. The molecular formula is C43H53N9O14S2. The molecule has 0 spiro atoms. The molecule has 7 unspecified atom stereocenters. The van der Waals surface area contributed by atoms with Crippen molar-refractivity contribution in [2.75, 3.05) is 18.8 Å². The summed E-state index contributed by atoms with van der Waals surface area (Å²) in [5.74, 6) is -11.0. The van der Waals surface area contributed by atoms with E-state index in [-0.39, 0.29) is 40.6 Å². The van der Waals surface area contributed by atoms with Crippen molar-refractivity contribution in [1.82, 2.24) is 47.5 Å². The van der Waals surface area contributed by atoms with Gasteiger partial charge in [-0.1, -0.05) is 39.3 Å². The van der Waals surface area contributed by atoms with Crippen LogP contribution in [0.1, 0.15) is 73.2 Å². The van der Waals surface area contributed by atoms with Gasteiger partial charge in [-0.15, -0.1) is 11.3 Å². The largest absolute Gasteiger partial charge is 0.508 e. The number of thiazole rings is 1. The minimum absolute atomic E-state index is 0.0233. The fraction of sp³-hybridized carbons (Fsp3) is 0.395. The molecule has 1 aromatic heterocycles. The number of fused-ring (bicyclic) bond motifs is 2. The van der Waals surface area contributed by atoms with E-state index in [1.807, 2.05) is 0 Å². The van der Waals surface area contributed by atoms with Crippen LogP contribution in [0.4, 0.5) is 0 Å². The van der Waals surface area contributed by atoms with Crippen LogP contribution >= 0.6 is 11.3 Å². The van der Waals surface area contributed by atoms with Crippen LogP contribution in [-0.2, 0) is 54.9 Å². The Hall–Kier alpha value is -7.25. The van der Waals surface area contributed by atoms with Crippen LogP contribution in [0.2, 0.25) is 0 Å². The van der Waals surface area contributed by atoms with E-state index in [2.05, 4.69) is 47.5 Å². The van der Waals surface area contributed by atoms with Crippen molar-refractivity contribution in [3.63, 3.8) is 0 Å². The van der Waals surface area contributed by atoms with E-state index < -0.39 is 124 Å². The van der Waals surface area contributed by atoms with Gasteiger partial charge in [-0.3, -0.25) is 47.7 Å². The standard InChI is InChI=1S/C43H53N9O14S2/c1-5-22(3)35-36(57)42(63)50-30(17-24-7-12-27(53)13-8-24)43-47-26(20-67-43)11-16-33(55)48-32(21-68(64,65)66)39(60)44-18-31(41(62)49-29(6-2)40(61)52-35)51-37(58)23(4)46-34(56)19-45-38(59)25-9-14-28(54)15-10-25/h7-16,20,22-23,29-32,35,53-54H,5-6,17-19,21H2,1-4H3,(H,44,60)(H,45,59)(H,46,56)(H,48,55)(H,49,62)(H,50,63)(H,51,58)(H,52,61)(H,64,65,66). The minimum Gasteiger partial charge on any atom is -0.508 e. The number of aromatic hydroxyl groups is 2. The van der Waals surface area contributed by atoms with Crippen LogP contribution < -0.4 is 42.5 Å². The second-order valence-corrected chi connectivity index (χ2v) is 18.1. The third-order valence-corrected chi connectivity index (χ3v) is 12.1. The fourth-order valence-electron chi connectivity index (χ4n) is 6.40. The van der Waals surface area contributed by atoms with Crippen LogP contribution in [0.5, 0.6) is 11.5 Å². The molecule has 0 saturated heterocycles. The molecule has 2 bridgehead atoms. The molecule has 23 nitrogen and oxygen atoms in total. The number of carbonyl (C=O) groups is 9. The summed E-state index contributed by atoms with van der Waals surface area (Å²) in [7, 11) is -4.95. The normalized spacial score (nSPS) is 20.9. The zero-order valence-electron chi connectivity index (χ0n) is 37.2. The molecule has 0 radical (unpaired) electrons. The molecule has 68 heavy (non-hydrogen) atoms. The first-order chi connectivity index (χ1) is 32.1. The van der Waals surface area contributed by atoms with Gasteiger partial charge < -0.3 is 52.7 Å². The lowest BCUT2D eigenvalue weighted by Crippen LogP contribution is -2.61. The third-order valence-electron chi connectivity index (χ3n) is 10.4. The molecule has 366 valence electrons. The van der Waals surface area contributed by atoms with Crippen LogP contribution in [0.25, 0.3) is 6.08 Å². The van der Waals surface area contributed by atoms with Crippen molar-refractivity contribution in [1.29, 1.82) is 0 Å². The predicted molar refractivity (Wildman–Crippen MR) is 244 cm³/mol. The highest BCUT2D eigenvalue weighted by atomic mass is 32.2. The van der Waals surface area contributed by atoms with Gasteiger partial charge in [0.15, 0.2) is 0 Å². The molecule has 11 N–H and O–H groups in total. The lowest BCUT2D eigenvalue weighted by Gasteiger charge is -2.28. The average molecular weight is 984 g/mol. The molecule has 25 heteroatoms. The summed E-state index contributed by atoms with van der Waals surface area (Å²) in [5, 5.41) is 40.1. The van der Waals surface area contributed by atoms with E-state index in [9.17, 15) is 66.3 Å². The summed E-state index contributed by atoms with van der Waals surface area (Å²) in [6.07, 6.45) is 2.37. The summed E-state index contributed by atoms with van der Waals surface area (Å²) < 4.78 is 33.6. The van der Waals surface area contributed by atoms with Crippen molar-refractivity contribution in [3.8, 4) is 11.5 Å². The quantitative estimate of drug-likeness (QED) is 0.0714. The smallest absolute Gasteiger partial charge is 0.290 e. The first-order valence-electron chi connectivity index (χ1n) is 21.1. The SMILES string of the molecule is CCC1NC(=O)C(NC(=O)C(C)NC(=O)CNC(=O)c2ccc(O)cc2)CNC(=O)C(CS(=O)(=O)O)NC(=O)C=Cc2csc(n2)C(Cc2ccc(O)cc2)NC(=O)C(=O)C(C(C)CC)NC1=O.